The van der Waals surface area contributed by atoms with Crippen LogP contribution in [0.5, 0.6) is 0 Å². The summed E-state index contributed by atoms with van der Waals surface area (Å²) >= 11 is 0. The Morgan fingerprint density at radius 2 is 2.15 bits per heavy atom. The molecule has 0 aliphatic carbocycles. The summed E-state index contributed by atoms with van der Waals surface area (Å²) in [6, 6.07) is 4.05. The second-order valence-electron chi connectivity index (χ2n) is 5.15. The van der Waals surface area contributed by atoms with Crippen LogP contribution >= 0.6 is 0 Å². The Bertz CT molecular complexity index is 496. The molecular weight excluding hydrogens is 271 g/mol. The van der Waals surface area contributed by atoms with E-state index in [0.29, 0.717) is 6.54 Å². The molecule has 1 atom stereocenters. The number of nitrogens with one attached hydrogen (secondary N) is 3. The minimum Gasteiger partial charge on any atom is -0.331 e. The van der Waals surface area contributed by atoms with Crippen LogP contribution in [0.4, 0.5) is 23.7 Å². The number of urea groups is 1. The van der Waals surface area contributed by atoms with Crippen LogP contribution in [-0.2, 0) is 6.18 Å². The second kappa shape index (κ2) is 5.32. The Morgan fingerprint density at radius 3 is 2.75 bits per heavy atom. The maximum Gasteiger partial charge on any atom is 0.416 e. The fourth-order valence-corrected chi connectivity index (χ4v) is 2.13. The van der Waals surface area contributed by atoms with Crippen LogP contribution in [0.2, 0.25) is 0 Å². The van der Waals surface area contributed by atoms with Crippen molar-refractivity contribution in [1.29, 1.82) is 0 Å². The standard InChI is InChI=1S/C13H16F3N3O/c1-12(5-6-17-8-12)19-11(20)18-10-4-2-3-9(7-10)13(14,15)16/h2-4,7,17H,5-6,8H2,1H3,(H2,18,19,20). The third-order valence-corrected chi connectivity index (χ3v) is 3.23. The highest BCUT2D eigenvalue weighted by molar-refractivity contribution is 5.89. The van der Waals surface area contributed by atoms with E-state index in [1.165, 1.54) is 12.1 Å². The fraction of sp³-hybridized carbons (Fsp3) is 0.462. The van der Waals surface area contributed by atoms with Crippen LogP contribution in [0.3, 0.4) is 0 Å². The SMILES string of the molecule is CC1(NC(=O)Nc2cccc(C(F)(F)F)c2)CCNC1. The zero-order valence-corrected chi connectivity index (χ0v) is 11.0. The molecule has 1 unspecified atom stereocenters. The highest BCUT2D eigenvalue weighted by Gasteiger charge is 2.31. The van der Waals surface area contributed by atoms with Crippen molar-refractivity contribution in [2.75, 3.05) is 18.4 Å². The summed E-state index contributed by atoms with van der Waals surface area (Å²) in [5.74, 6) is 0. The molecule has 0 aromatic heterocycles. The zero-order valence-electron chi connectivity index (χ0n) is 11.0. The van der Waals surface area contributed by atoms with Gasteiger partial charge < -0.3 is 16.0 Å². The van der Waals surface area contributed by atoms with Crippen molar-refractivity contribution in [3.8, 4) is 0 Å². The van der Waals surface area contributed by atoms with Gasteiger partial charge in [0.1, 0.15) is 0 Å². The molecule has 1 aliphatic heterocycles. The normalized spacial score (nSPS) is 22.6. The molecule has 0 spiro atoms. The Labute approximate surface area is 114 Å². The lowest BCUT2D eigenvalue weighted by molar-refractivity contribution is -0.137. The third-order valence-electron chi connectivity index (χ3n) is 3.23. The number of alkyl halides is 3. The molecule has 0 radical (unpaired) electrons. The number of hydrogen-bond donors (Lipinski definition) is 3. The summed E-state index contributed by atoms with van der Waals surface area (Å²) in [4.78, 5) is 11.8. The van der Waals surface area contributed by atoms with Gasteiger partial charge in [0.2, 0.25) is 0 Å². The summed E-state index contributed by atoms with van der Waals surface area (Å²) in [5.41, 5.74) is -1.04. The number of rotatable bonds is 2. The van der Waals surface area contributed by atoms with E-state index in [2.05, 4.69) is 16.0 Å². The Balaban J connectivity index is 2.01. The van der Waals surface area contributed by atoms with Gasteiger partial charge in [-0.25, -0.2) is 4.79 Å². The molecule has 110 valence electrons. The molecular formula is C13H16F3N3O. The van der Waals surface area contributed by atoms with E-state index < -0.39 is 17.8 Å². The molecule has 1 aromatic rings. The summed E-state index contributed by atoms with van der Waals surface area (Å²) < 4.78 is 37.7. The first-order valence-corrected chi connectivity index (χ1v) is 6.26. The summed E-state index contributed by atoms with van der Waals surface area (Å²) in [6.45, 7) is 3.34. The van der Waals surface area contributed by atoms with Crippen molar-refractivity contribution < 1.29 is 18.0 Å². The van der Waals surface area contributed by atoms with Gasteiger partial charge in [0.25, 0.3) is 0 Å². The topological polar surface area (TPSA) is 53.2 Å². The quantitative estimate of drug-likeness (QED) is 0.783. The molecule has 1 aromatic carbocycles. The first kappa shape index (κ1) is 14.6. The van der Waals surface area contributed by atoms with Gasteiger partial charge in [-0.05, 0) is 38.1 Å². The van der Waals surface area contributed by atoms with Crippen molar-refractivity contribution in [3.63, 3.8) is 0 Å². The van der Waals surface area contributed by atoms with E-state index in [1.807, 2.05) is 6.92 Å². The first-order valence-electron chi connectivity index (χ1n) is 6.26. The van der Waals surface area contributed by atoms with Crippen LogP contribution in [0.25, 0.3) is 0 Å². The minimum absolute atomic E-state index is 0.117. The number of halogens is 3. The number of anilines is 1. The molecule has 0 saturated carbocycles. The van der Waals surface area contributed by atoms with Gasteiger partial charge in [0, 0.05) is 12.2 Å². The number of hydrogen-bond acceptors (Lipinski definition) is 2. The highest BCUT2D eigenvalue weighted by atomic mass is 19.4. The van der Waals surface area contributed by atoms with E-state index in [1.54, 1.807) is 0 Å². The van der Waals surface area contributed by atoms with Gasteiger partial charge in [-0.15, -0.1) is 0 Å². The van der Waals surface area contributed by atoms with E-state index in [0.717, 1.165) is 25.1 Å². The van der Waals surface area contributed by atoms with Crippen molar-refractivity contribution in [3.05, 3.63) is 29.8 Å². The van der Waals surface area contributed by atoms with Crippen molar-refractivity contribution in [2.24, 2.45) is 0 Å². The van der Waals surface area contributed by atoms with Crippen molar-refractivity contribution in [2.45, 2.75) is 25.1 Å². The predicted octanol–water partition coefficient (Wildman–Crippen LogP) is 2.58. The predicted molar refractivity (Wildman–Crippen MR) is 69.5 cm³/mol. The fourth-order valence-electron chi connectivity index (χ4n) is 2.13. The molecule has 7 heteroatoms. The van der Waals surface area contributed by atoms with Gasteiger partial charge in [-0.1, -0.05) is 6.07 Å². The lowest BCUT2D eigenvalue weighted by Gasteiger charge is -2.24. The van der Waals surface area contributed by atoms with Gasteiger partial charge in [-0.3, -0.25) is 0 Å². The van der Waals surface area contributed by atoms with Crippen molar-refractivity contribution in [1.82, 2.24) is 10.6 Å². The molecule has 20 heavy (non-hydrogen) atoms. The number of carbonyl (C=O) groups is 1. The van der Waals surface area contributed by atoms with Crippen LogP contribution < -0.4 is 16.0 Å². The summed E-state index contributed by atoms with van der Waals surface area (Å²) in [5, 5.41) is 8.32. The third kappa shape index (κ3) is 3.63. The van der Waals surface area contributed by atoms with E-state index in [9.17, 15) is 18.0 Å². The average molecular weight is 287 g/mol. The van der Waals surface area contributed by atoms with Gasteiger partial charge in [-0.2, -0.15) is 13.2 Å². The van der Waals surface area contributed by atoms with Crippen LogP contribution in [-0.4, -0.2) is 24.7 Å². The maximum atomic E-state index is 12.6. The van der Waals surface area contributed by atoms with E-state index in [-0.39, 0.29) is 11.2 Å². The smallest absolute Gasteiger partial charge is 0.331 e. The highest BCUT2D eigenvalue weighted by Crippen LogP contribution is 2.30. The van der Waals surface area contributed by atoms with Crippen molar-refractivity contribution >= 4 is 11.7 Å². The Kier molecular flexibility index (Phi) is 3.89. The monoisotopic (exact) mass is 287 g/mol. The van der Waals surface area contributed by atoms with Gasteiger partial charge in [0.15, 0.2) is 0 Å². The Hall–Kier alpha value is -1.76. The molecule has 2 amide bonds. The lowest BCUT2D eigenvalue weighted by atomic mass is 10.0. The summed E-state index contributed by atoms with van der Waals surface area (Å²) in [6.07, 6.45) is -3.64. The average Bonchev–Trinajstić information content (AvgIpc) is 2.74. The van der Waals surface area contributed by atoms with E-state index in [4.69, 9.17) is 0 Å². The van der Waals surface area contributed by atoms with Gasteiger partial charge in [0.05, 0.1) is 11.1 Å². The number of benzene rings is 1. The number of amides is 2. The molecule has 0 bridgehead atoms. The largest absolute Gasteiger partial charge is 0.416 e. The van der Waals surface area contributed by atoms with Crippen LogP contribution in [0.1, 0.15) is 18.9 Å². The van der Waals surface area contributed by atoms with E-state index >= 15 is 0 Å². The van der Waals surface area contributed by atoms with Crippen LogP contribution in [0, 0.1) is 0 Å². The molecule has 3 N–H and O–H groups in total. The molecule has 1 aliphatic rings. The Morgan fingerprint density at radius 1 is 1.40 bits per heavy atom. The van der Waals surface area contributed by atoms with Gasteiger partial charge >= 0.3 is 12.2 Å². The van der Waals surface area contributed by atoms with Crippen LogP contribution in [0.15, 0.2) is 24.3 Å². The molecule has 2 rings (SSSR count). The maximum absolute atomic E-state index is 12.6. The zero-order chi connectivity index (χ0) is 14.8. The molecule has 1 fully saturated rings. The first-order chi connectivity index (χ1) is 9.28. The second-order valence-corrected chi connectivity index (χ2v) is 5.15. The minimum atomic E-state index is -4.42. The number of carbonyl (C=O) groups excluding carboxylic acids is 1. The molecule has 4 nitrogen and oxygen atoms in total. The molecule has 1 heterocycles. The summed E-state index contributed by atoms with van der Waals surface area (Å²) in [7, 11) is 0. The lowest BCUT2D eigenvalue weighted by Crippen LogP contribution is -2.49. The molecule has 1 saturated heterocycles.